The molecule has 1 saturated heterocycles. The average Bonchev–Trinajstić information content (AvgIpc) is 3.37. The highest BCUT2D eigenvalue weighted by Crippen LogP contribution is 2.23. The van der Waals surface area contributed by atoms with Crippen LogP contribution >= 0.6 is 11.3 Å². The molecule has 0 bridgehead atoms. The van der Waals surface area contributed by atoms with Crippen molar-refractivity contribution in [2.75, 3.05) is 18.5 Å². The molecule has 0 aliphatic carbocycles. The van der Waals surface area contributed by atoms with Crippen molar-refractivity contribution in [2.45, 2.75) is 18.9 Å². The van der Waals surface area contributed by atoms with E-state index in [1.165, 1.54) is 28.4 Å². The summed E-state index contributed by atoms with van der Waals surface area (Å²) in [7, 11) is 0. The number of para-hydroxylation sites is 1. The summed E-state index contributed by atoms with van der Waals surface area (Å²) < 4.78 is 5.10. The van der Waals surface area contributed by atoms with Crippen LogP contribution < -0.4 is 11.1 Å². The van der Waals surface area contributed by atoms with Crippen molar-refractivity contribution in [3.8, 4) is 0 Å². The van der Waals surface area contributed by atoms with Gasteiger partial charge in [-0.3, -0.25) is 14.4 Å². The highest BCUT2D eigenvalue weighted by molar-refractivity contribution is 7.12. The first-order valence-corrected chi connectivity index (χ1v) is 9.55. The molecule has 1 fully saturated rings. The van der Waals surface area contributed by atoms with Gasteiger partial charge in [-0.15, -0.1) is 11.3 Å². The average molecular weight is 401 g/mol. The van der Waals surface area contributed by atoms with Gasteiger partial charge in [0.25, 0.3) is 17.7 Å². The predicted molar refractivity (Wildman–Crippen MR) is 103 cm³/mol. The number of carbonyl (C=O) groups excluding carboxylic acids is 4. The van der Waals surface area contributed by atoms with E-state index in [9.17, 15) is 19.2 Å². The zero-order valence-corrected chi connectivity index (χ0v) is 15.7. The van der Waals surface area contributed by atoms with Gasteiger partial charge in [0.2, 0.25) is 0 Å². The summed E-state index contributed by atoms with van der Waals surface area (Å²) in [6.45, 7) is -0.0574. The number of amides is 3. The Bertz CT molecular complexity index is 897. The Kier molecular flexibility index (Phi) is 6.05. The highest BCUT2D eigenvalue weighted by atomic mass is 32.1. The summed E-state index contributed by atoms with van der Waals surface area (Å²) in [6, 6.07) is 9.04. The molecular weight excluding hydrogens is 382 g/mol. The van der Waals surface area contributed by atoms with Crippen molar-refractivity contribution >= 4 is 40.7 Å². The number of primary amides is 1. The van der Waals surface area contributed by atoms with E-state index in [-0.39, 0.29) is 17.2 Å². The summed E-state index contributed by atoms with van der Waals surface area (Å²) in [4.78, 5) is 50.4. The molecule has 146 valence electrons. The summed E-state index contributed by atoms with van der Waals surface area (Å²) in [5.41, 5.74) is 5.67. The molecule has 1 unspecified atom stereocenters. The molecule has 9 heteroatoms. The number of nitrogens with zero attached hydrogens (tertiary/aromatic N) is 1. The van der Waals surface area contributed by atoms with Gasteiger partial charge in [-0.25, -0.2) is 4.79 Å². The Labute approximate surface area is 165 Å². The maximum atomic E-state index is 12.5. The molecule has 2 aromatic rings. The number of anilines is 1. The predicted octanol–water partition coefficient (Wildman–Crippen LogP) is 1.63. The number of hydrogen-bond donors (Lipinski definition) is 2. The molecule has 3 N–H and O–H groups in total. The fourth-order valence-electron chi connectivity index (χ4n) is 3.02. The Morgan fingerprint density at radius 2 is 1.96 bits per heavy atom. The number of nitrogens with one attached hydrogen (secondary N) is 1. The zero-order valence-electron chi connectivity index (χ0n) is 14.9. The second kappa shape index (κ2) is 8.66. The van der Waals surface area contributed by atoms with Crippen LogP contribution in [0.15, 0.2) is 41.8 Å². The van der Waals surface area contributed by atoms with Crippen molar-refractivity contribution in [2.24, 2.45) is 5.73 Å². The molecule has 0 spiro atoms. The fraction of sp³-hybridized carbons (Fsp3) is 0.263. The van der Waals surface area contributed by atoms with E-state index in [0.29, 0.717) is 24.3 Å². The van der Waals surface area contributed by atoms with E-state index in [4.69, 9.17) is 10.5 Å². The number of ether oxygens (including phenoxy) is 1. The van der Waals surface area contributed by atoms with Gasteiger partial charge in [-0.05, 0) is 36.4 Å². The number of carbonyl (C=O) groups is 4. The molecule has 1 aliphatic rings. The minimum Gasteiger partial charge on any atom is -0.454 e. The monoisotopic (exact) mass is 401 g/mol. The molecule has 0 saturated carbocycles. The molecule has 8 nitrogen and oxygen atoms in total. The van der Waals surface area contributed by atoms with Crippen molar-refractivity contribution in [3.05, 3.63) is 52.2 Å². The van der Waals surface area contributed by atoms with Gasteiger partial charge in [0.1, 0.15) is 6.04 Å². The van der Waals surface area contributed by atoms with Crippen molar-refractivity contribution in [1.82, 2.24) is 4.90 Å². The van der Waals surface area contributed by atoms with Gasteiger partial charge in [-0.2, -0.15) is 0 Å². The number of nitrogens with two attached hydrogens (primary N) is 1. The van der Waals surface area contributed by atoms with Crippen LogP contribution in [-0.2, 0) is 14.3 Å². The molecule has 28 heavy (non-hydrogen) atoms. The summed E-state index contributed by atoms with van der Waals surface area (Å²) in [6.07, 6.45) is 1.18. The van der Waals surface area contributed by atoms with Gasteiger partial charge in [0.05, 0.1) is 16.1 Å². The van der Waals surface area contributed by atoms with E-state index in [1.54, 1.807) is 29.6 Å². The third-order valence-corrected chi connectivity index (χ3v) is 5.19. The fourth-order valence-corrected chi connectivity index (χ4v) is 3.70. The maximum Gasteiger partial charge on any atom is 0.329 e. The van der Waals surface area contributed by atoms with Crippen LogP contribution in [0.5, 0.6) is 0 Å². The molecule has 1 aromatic carbocycles. The second-order valence-electron chi connectivity index (χ2n) is 6.20. The van der Waals surface area contributed by atoms with Crippen LogP contribution in [-0.4, -0.2) is 47.8 Å². The maximum absolute atomic E-state index is 12.5. The number of benzene rings is 1. The first-order valence-electron chi connectivity index (χ1n) is 8.67. The SMILES string of the molecule is NC(=O)c1ccccc1NC(=O)COC(=O)C1CCCN1C(=O)c1cccs1. The number of thiophene rings is 1. The van der Waals surface area contributed by atoms with Crippen LogP contribution in [0.1, 0.15) is 32.9 Å². The van der Waals surface area contributed by atoms with Gasteiger partial charge in [-0.1, -0.05) is 18.2 Å². The topological polar surface area (TPSA) is 119 Å². The van der Waals surface area contributed by atoms with E-state index < -0.39 is 30.4 Å². The summed E-state index contributed by atoms with van der Waals surface area (Å²) >= 11 is 1.31. The van der Waals surface area contributed by atoms with Crippen LogP contribution in [0, 0.1) is 0 Å². The molecule has 3 amide bonds. The Morgan fingerprint density at radius 1 is 1.18 bits per heavy atom. The van der Waals surface area contributed by atoms with E-state index in [0.717, 1.165) is 0 Å². The molecule has 1 atom stereocenters. The second-order valence-corrected chi connectivity index (χ2v) is 7.15. The van der Waals surface area contributed by atoms with Crippen molar-refractivity contribution in [1.29, 1.82) is 0 Å². The first kappa shape index (κ1) is 19.6. The number of rotatable bonds is 6. The zero-order chi connectivity index (χ0) is 20.1. The summed E-state index contributed by atoms with van der Waals surface area (Å²) in [5.74, 6) is -2.12. The largest absolute Gasteiger partial charge is 0.454 e. The number of likely N-dealkylation sites (tertiary alicyclic amines) is 1. The third kappa shape index (κ3) is 4.37. The van der Waals surface area contributed by atoms with Gasteiger partial charge in [0, 0.05) is 6.54 Å². The molecular formula is C19H19N3O5S. The van der Waals surface area contributed by atoms with Gasteiger partial charge in [0.15, 0.2) is 6.61 Å². The first-order chi connectivity index (χ1) is 13.5. The quantitative estimate of drug-likeness (QED) is 0.713. The van der Waals surface area contributed by atoms with Crippen LogP contribution in [0.4, 0.5) is 5.69 Å². The third-order valence-electron chi connectivity index (χ3n) is 4.33. The molecule has 0 radical (unpaired) electrons. The van der Waals surface area contributed by atoms with Crippen molar-refractivity contribution < 1.29 is 23.9 Å². The van der Waals surface area contributed by atoms with Crippen LogP contribution in [0.3, 0.4) is 0 Å². The van der Waals surface area contributed by atoms with E-state index in [2.05, 4.69) is 5.32 Å². The lowest BCUT2D eigenvalue weighted by Gasteiger charge is -2.22. The van der Waals surface area contributed by atoms with Crippen molar-refractivity contribution in [3.63, 3.8) is 0 Å². The lowest BCUT2D eigenvalue weighted by molar-refractivity contribution is -0.151. The Hall–Kier alpha value is -3.20. The van der Waals surface area contributed by atoms with E-state index >= 15 is 0 Å². The summed E-state index contributed by atoms with van der Waals surface area (Å²) in [5, 5.41) is 4.29. The lowest BCUT2D eigenvalue weighted by Crippen LogP contribution is -2.41. The molecule has 1 aliphatic heterocycles. The standard InChI is InChI=1S/C19H19N3O5S/c20-17(24)12-5-1-2-6-13(12)21-16(23)11-27-19(26)14-7-3-9-22(14)18(25)15-8-4-10-28-15/h1-2,4-6,8,10,14H,3,7,9,11H2,(H2,20,24)(H,21,23). The molecule has 3 rings (SSSR count). The lowest BCUT2D eigenvalue weighted by atomic mass is 10.1. The highest BCUT2D eigenvalue weighted by Gasteiger charge is 2.36. The minimum absolute atomic E-state index is 0.158. The Balaban J connectivity index is 1.57. The van der Waals surface area contributed by atoms with E-state index in [1.807, 2.05) is 0 Å². The van der Waals surface area contributed by atoms with Crippen LogP contribution in [0.2, 0.25) is 0 Å². The van der Waals surface area contributed by atoms with Crippen LogP contribution in [0.25, 0.3) is 0 Å². The van der Waals surface area contributed by atoms with Gasteiger partial charge >= 0.3 is 5.97 Å². The normalized spacial score (nSPS) is 15.9. The number of esters is 1. The molecule has 2 heterocycles. The smallest absolute Gasteiger partial charge is 0.329 e. The number of hydrogen-bond acceptors (Lipinski definition) is 6. The van der Waals surface area contributed by atoms with Gasteiger partial charge < -0.3 is 20.7 Å². The minimum atomic E-state index is -0.708. The Morgan fingerprint density at radius 3 is 2.68 bits per heavy atom. The molecule has 1 aromatic heterocycles.